The number of ketones is 1. The third-order valence-electron chi connectivity index (χ3n) is 3.85. The summed E-state index contributed by atoms with van der Waals surface area (Å²) in [6.07, 6.45) is 0. The van der Waals surface area contributed by atoms with Crippen molar-refractivity contribution in [2.24, 2.45) is 5.92 Å². The van der Waals surface area contributed by atoms with Crippen LogP contribution in [0.4, 0.5) is 0 Å². The summed E-state index contributed by atoms with van der Waals surface area (Å²) in [5.41, 5.74) is 3.13. The molecule has 23 heavy (non-hydrogen) atoms. The van der Waals surface area contributed by atoms with E-state index in [2.05, 4.69) is 4.74 Å². The Morgan fingerprint density at radius 2 is 1.91 bits per heavy atom. The molecule has 0 saturated heterocycles. The molecular formula is C18H18N2O3. The molecule has 0 radical (unpaired) electrons. The van der Waals surface area contributed by atoms with Crippen molar-refractivity contribution in [3.8, 4) is 6.07 Å². The number of carbonyl (C=O) groups is 2. The van der Waals surface area contributed by atoms with Crippen LogP contribution in [0.2, 0.25) is 0 Å². The lowest BCUT2D eigenvalue weighted by Crippen LogP contribution is -2.24. The van der Waals surface area contributed by atoms with Crippen LogP contribution in [0.25, 0.3) is 0 Å². The highest BCUT2D eigenvalue weighted by Crippen LogP contribution is 2.20. The minimum atomic E-state index is -1.43. The van der Waals surface area contributed by atoms with Crippen LogP contribution in [0.15, 0.2) is 36.4 Å². The maximum absolute atomic E-state index is 12.5. The normalized spacial score (nSPS) is 11.6. The molecule has 0 spiro atoms. The van der Waals surface area contributed by atoms with Crippen LogP contribution >= 0.6 is 0 Å². The van der Waals surface area contributed by atoms with Gasteiger partial charge in [0.25, 0.3) is 0 Å². The van der Waals surface area contributed by atoms with E-state index in [4.69, 9.17) is 5.26 Å². The Kier molecular flexibility index (Phi) is 4.97. The molecule has 1 aromatic carbocycles. The summed E-state index contributed by atoms with van der Waals surface area (Å²) >= 11 is 0. The fourth-order valence-electron chi connectivity index (χ4n) is 2.55. The van der Waals surface area contributed by atoms with Crippen molar-refractivity contribution >= 4 is 11.8 Å². The Morgan fingerprint density at radius 3 is 2.48 bits per heavy atom. The molecule has 0 N–H and O–H groups in total. The third-order valence-corrected chi connectivity index (χ3v) is 3.85. The molecule has 5 heteroatoms. The Balaban J connectivity index is 2.36. The van der Waals surface area contributed by atoms with E-state index in [-0.39, 0.29) is 0 Å². The number of ether oxygens (including phenoxy) is 1. The highest BCUT2D eigenvalue weighted by molar-refractivity contribution is 6.11. The zero-order valence-corrected chi connectivity index (χ0v) is 13.4. The van der Waals surface area contributed by atoms with Crippen LogP contribution in [0.3, 0.4) is 0 Å². The van der Waals surface area contributed by atoms with Crippen LogP contribution in [0.1, 0.15) is 27.3 Å². The molecular weight excluding hydrogens is 292 g/mol. The largest absolute Gasteiger partial charge is 0.468 e. The maximum Gasteiger partial charge on any atom is 0.331 e. The zero-order chi connectivity index (χ0) is 17.0. The maximum atomic E-state index is 12.5. The van der Waals surface area contributed by atoms with Crippen molar-refractivity contribution in [3.63, 3.8) is 0 Å². The van der Waals surface area contributed by atoms with Crippen LogP contribution in [0.5, 0.6) is 0 Å². The predicted molar refractivity (Wildman–Crippen MR) is 84.9 cm³/mol. The molecule has 118 valence electrons. The van der Waals surface area contributed by atoms with Gasteiger partial charge in [0.1, 0.15) is 0 Å². The van der Waals surface area contributed by atoms with Gasteiger partial charge in [0.15, 0.2) is 5.78 Å². The molecule has 0 amide bonds. The average Bonchev–Trinajstić information content (AvgIpc) is 2.84. The number of Topliss-reactive ketones (excluding diaryl/α,β-unsaturated/α-hetero) is 1. The van der Waals surface area contributed by atoms with E-state index >= 15 is 0 Å². The van der Waals surface area contributed by atoms with E-state index in [9.17, 15) is 9.59 Å². The second-order valence-electron chi connectivity index (χ2n) is 5.31. The Labute approximate surface area is 135 Å². The van der Waals surface area contributed by atoms with Gasteiger partial charge in [-0.1, -0.05) is 30.3 Å². The summed E-state index contributed by atoms with van der Waals surface area (Å²) in [5.74, 6) is -2.78. The lowest BCUT2D eigenvalue weighted by molar-refractivity contribution is -0.141. The minimum Gasteiger partial charge on any atom is -0.468 e. The number of carbonyl (C=O) groups excluding carboxylic acids is 2. The van der Waals surface area contributed by atoms with E-state index in [1.165, 1.54) is 7.11 Å². The zero-order valence-electron chi connectivity index (χ0n) is 13.4. The number of esters is 1. The van der Waals surface area contributed by atoms with Gasteiger partial charge in [0.2, 0.25) is 5.92 Å². The molecule has 1 atom stereocenters. The number of aryl methyl sites for hydroxylation is 1. The lowest BCUT2D eigenvalue weighted by Gasteiger charge is -2.10. The first-order valence-corrected chi connectivity index (χ1v) is 7.22. The van der Waals surface area contributed by atoms with E-state index in [1.807, 2.05) is 48.7 Å². The van der Waals surface area contributed by atoms with Crippen molar-refractivity contribution in [1.29, 1.82) is 5.26 Å². The van der Waals surface area contributed by atoms with Crippen LogP contribution in [0, 0.1) is 31.1 Å². The van der Waals surface area contributed by atoms with Gasteiger partial charge in [-0.25, -0.2) is 0 Å². The van der Waals surface area contributed by atoms with Gasteiger partial charge < -0.3 is 9.30 Å². The van der Waals surface area contributed by atoms with E-state index in [1.54, 1.807) is 12.1 Å². The third kappa shape index (κ3) is 3.32. The Bertz CT molecular complexity index is 770. The molecule has 1 heterocycles. The molecule has 1 aromatic heterocycles. The number of methoxy groups -OCH3 is 1. The van der Waals surface area contributed by atoms with Crippen molar-refractivity contribution in [2.75, 3.05) is 7.11 Å². The van der Waals surface area contributed by atoms with Crippen molar-refractivity contribution < 1.29 is 14.3 Å². The second-order valence-corrected chi connectivity index (χ2v) is 5.31. The quantitative estimate of drug-likeness (QED) is 0.483. The smallest absolute Gasteiger partial charge is 0.331 e. The number of nitriles is 1. The molecule has 0 bridgehead atoms. The molecule has 0 fully saturated rings. The number of benzene rings is 1. The fraction of sp³-hybridized carbons (Fsp3) is 0.278. The first-order chi connectivity index (χ1) is 11.0. The highest BCUT2D eigenvalue weighted by Gasteiger charge is 2.30. The van der Waals surface area contributed by atoms with Gasteiger partial charge >= 0.3 is 5.97 Å². The number of hydrogen-bond acceptors (Lipinski definition) is 4. The monoisotopic (exact) mass is 310 g/mol. The molecule has 2 aromatic rings. The second kappa shape index (κ2) is 6.93. The molecule has 0 aliphatic carbocycles. The summed E-state index contributed by atoms with van der Waals surface area (Å²) in [4.78, 5) is 24.1. The SMILES string of the molecule is COC(=O)[C@H](C#N)C(=O)c1cc(C)n(Cc2ccccc2)c1C. The van der Waals surface area contributed by atoms with Crippen LogP contribution in [-0.2, 0) is 16.1 Å². The number of aromatic nitrogens is 1. The molecule has 0 aliphatic rings. The Morgan fingerprint density at radius 1 is 1.26 bits per heavy atom. The predicted octanol–water partition coefficient (Wildman–Crippen LogP) is 2.65. The topological polar surface area (TPSA) is 72.1 Å². The average molecular weight is 310 g/mol. The molecule has 2 rings (SSSR count). The molecule has 0 saturated carbocycles. The number of rotatable bonds is 5. The summed E-state index contributed by atoms with van der Waals surface area (Å²) in [7, 11) is 1.17. The number of nitrogens with zero attached hydrogens (tertiary/aromatic N) is 2. The summed E-state index contributed by atoms with van der Waals surface area (Å²) in [6.45, 7) is 4.34. The molecule has 0 unspecified atom stereocenters. The summed E-state index contributed by atoms with van der Waals surface area (Å²) < 4.78 is 6.52. The van der Waals surface area contributed by atoms with E-state index in [0.717, 1.165) is 17.0 Å². The van der Waals surface area contributed by atoms with E-state index in [0.29, 0.717) is 12.1 Å². The van der Waals surface area contributed by atoms with Crippen molar-refractivity contribution in [3.05, 3.63) is 58.9 Å². The Hall–Kier alpha value is -2.87. The fourth-order valence-corrected chi connectivity index (χ4v) is 2.55. The van der Waals surface area contributed by atoms with Crippen molar-refractivity contribution in [2.45, 2.75) is 20.4 Å². The van der Waals surface area contributed by atoms with Gasteiger partial charge in [-0.3, -0.25) is 9.59 Å². The highest BCUT2D eigenvalue weighted by atomic mass is 16.5. The number of hydrogen-bond donors (Lipinski definition) is 0. The van der Waals surface area contributed by atoms with Gasteiger partial charge in [-0.05, 0) is 25.5 Å². The van der Waals surface area contributed by atoms with Gasteiger partial charge in [-0.2, -0.15) is 5.26 Å². The first-order valence-electron chi connectivity index (χ1n) is 7.22. The standard InChI is InChI=1S/C18H18N2O3/c1-12-9-15(17(21)16(10-19)18(22)23-3)13(2)20(12)11-14-7-5-4-6-8-14/h4-9,16H,11H2,1-3H3/t16-/m1/s1. The minimum absolute atomic E-state index is 0.385. The van der Waals surface area contributed by atoms with E-state index < -0.39 is 17.7 Å². The van der Waals surface area contributed by atoms with Crippen LogP contribution in [-0.4, -0.2) is 23.4 Å². The van der Waals surface area contributed by atoms with Crippen molar-refractivity contribution in [1.82, 2.24) is 4.57 Å². The van der Waals surface area contributed by atoms with Crippen LogP contribution < -0.4 is 0 Å². The molecule has 5 nitrogen and oxygen atoms in total. The lowest BCUT2D eigenvalue weighted by atomic mass is 9.99. The molecule has 0 aliphatic heterocycles. The first kappa shape index (κ1) is 16.5. The van der Waals surface area contributed by atoms with Gasteiger partial charge in [-0.15, -0.1) is 0 Å². The summed E-state index contributed by atoms with van der Waals surface area (Å²) in [5, 5.41) is 9.08. The van der Waals surface area contributed by atoms with Gasteiger partial charge in [0.05, 0.1) is 13.2 Å². The summed E-state index contributed by atoms with van der Waals surface area (Å²) in [6, 6.07) is 13.3. The van der Waals surface area contributed by atoms with Gasteiger partial charge in [0, 0.05) is 23.5 Å².